The van der Waals surface area contributed by atoms with Crippen molar-refractivity contribution in [2.75, 3.05) is 25.0 Å². The largest absolute Gasteiger partial charge is 0.506 e. The Balaban J connectivity index is 1.46. The molecule has 1 aliphatic rings. The first kappa shape index (κ1) is 19.0. The fourth-order valence-electron chi connectivity index (χ4n) is 3.00. The van der Waals surface area contributed by atoms with Gasteiger partial charge in [-0.25, -0.2) is 0 Å². The summed E-state index contributed by atoms with van der Waals surface area (Å²) >= 11 is 5.89. The van der Waals surface area contributed by atoms with Crippen LogP contribution in [0.5, 0.6) is 11.5 Å². The third kappa shape index (κ3) is 5.14. The maximum Gasteiger partial charge on any atom is 0.260 e. The van der Waals surface area contributed by atoms with Crippen molar-refractivity contribution in [1.29, 1.82) is 0 Å². The molecule has 2 aromatic rings. The molecule has 1 heterocycles. The van der Waals surface area contributed by atoms with Crippen molar-refractivity contribution in [1.82, 2.24) is 4.90 Å². The highest BCUT2D eigenvalue weighted by Gasteiger charge is 2.27. The molecule has 1 saturated heterocycles. The molecule has 7 heteroatoms. The maximum absolute atomic E-state index is 12.4. The van der Waals surface area contributed by atoms with Crippen LogP contribution in [0.1, 0.15) is 12.8 Å². The molecule has 3 rings (SSSR count). The van der Waals surface area contributed by atoms with Crippen molar-refractivity contribution in [2.24, 2.45) is 5.92 Å². The number of anilines is 1. The average Bonchev–Trinajstić information content (AvgIpc) is 2.68. The summed E-state index contributed by atoms with van der Waals surface area (Å²) in [5, 5.41) is 13.1. The van der Waals surface area contributed by atoms with E-state index in [1.54, 1.807) is 47.4 Å². The fourth-order valence-corrected chi connectivity index (χ4v) is 3.18. The van der Waals surface area contributed by atoms with E-state index in [0.717, 1.165) is 0 Å². The first-order valence-corrected chi connectivity index (χ1v) is 9.16. The van der Waals surface area contributed by atoms with Crippen LogP contribution in [0.25, 0.3) is 0 Å². The Morgan fingerprint density at radius 1 is 1.15 bits per heavy atom. The molecule has 6 nitrogen and oxygen atoms in total. The van der Waals surface area contributed by atoms with Crippen LogP contribution in [0.3, 0.4) is 0 Å². The number of rotatable bonds is 5. The predicted molar refractivity (Wildman–Crippen MR) is 103 cm³/mol. The van der Waals surface area contributed by atoms with Gasteiger partial charge in [-0.15, -0.1) is 0 Å². The SMILES string of the molecule is O=C(Nc1ccccc1O)C1CCN(C(=O)COc2cccc(Cl)c2)CC1. The molecule has 27 heavy (non-hydrogen) atoms. The van der Waals surface area contributed by atoms with Gasteiger partial charge in [0.05, 0.1) is 5.69 Å². The van der Waals surface area contributed by atoms with Gasteiger partial charge in [0, 0.05) is 24.0 Å². The Morgan fingerprint density at radius 3 is 2.59 bits per heavy atom. The Hall–Kier alpha value is -2.73. The minimum absolute atomic E-state index is 0.0385. The van der Waals surface area contributed by atoms with Gasteiger partial charge in [-0.05, 0) is 43.2 Å². The monoisotopic (exact) mass is 388 g/mol. The number of aromatic hydroxyl groups is 1. The third-order valence-corrected chi connectivity index (χ3v) is 4.77. The van der Waals surface area contributed by atoms with E-state index in [2.05, 4.69) is 5.32 Å². The molecule has 0 unspecified atom stereocenters. The second-order valence-electron chi connectivity index (χ2n) is 6.41. The smallest absolute Gasteiger partial charge is 0.260 e. The topological polar surface area (TPSA) is 78.9 Å². The molecule has 2 N–H and O–H groups in total. The van der Waals surface area contributed by atoms with Crippen molar-refractivity contribution in [3.63, 3.8) is 0 Å². The normalized spacial score (nSPS) is 14.6. The number of phenolic OH excluding ortho intramolecular Hbond substituents is 1. The number of amides is 2. The van der Waals surface area contributed by atoms with Crippen LogP contribution < -0.4 is 10.1 Å². The minimum atomic E-state index is -0.192. The number of carbonyl (C=O) groups excluding carboxylic acids is 2. The lowest BCUT2D eigenvalue weighted by atomic mass is 9.95. The Kier molecular flexibility index (Phi) is 6.19. The first-order chi connectivity index (χ1) is 13.0. The third-order valence-electron chi connectivity index (χ3n) is 4.54. The van der Waals surface area contributed by atoms with Gasteiger partial charge in [0.15, 0.2) is 6.61 Å². The standard InChI is InChI=1S/C20H21ClN2O4/c21-15-4-3-5-16(12-15)27-13-19(25)23-10-8-14(9-11-23)20(26)22-17-6-1-2-7-18(17)24/h1-7,12,14,24H,8-11,13H2,(H,22,26). The van der Waals surface area contributed by atoms with Gasteiger partial charge >= 0.3 is 0 Å². The molecule has 1 aliphatic heterocycles. The summed E-state index contributed by atoms with van der Waals surface area (Å²) in [6.07, 6.45) is 1.14. The number of ether oxygens (including phenoxy) is 1. The molecule has 0 aliphatic carbocycles. The Morgan fingerprint density at radius 2 is 1.89 bits per heavy atom. The van der Waals surface area contributed by atoms with Gasteiger partial charge in [-0.3, -0.25) is 9.59 Å². The first-order valence-electron chi connectivity index (χ1n) is 8.78. The molecular formula is C20H21ClN2O4. The van der Waals surface area contributed by atoms with Gasteiger partial charge < -0.3 is 20.1 Å². The van der Waals surface area contributed by atoms with Gasteiger partial charge in [0.2, 0.25) is 5.91 Å². The number of carbonyl (C=O) groups is 2. The van der Waals surface area contributed by atoms with Crippen LogP contribution in [-0.4, -0.2) is 41.5 Å². The molecule has 0 atom stereocenters. The lowest BCUT2D eigenvalue weighted by Gasteiger charge is -2.31. The molecule has 0 saturated carbocycles. The van der Waals surface area contributed by atoms with E-state index in [0.29, 0.717) is 42.4 Å². The number of likely N-dealkylation sites (tertiary alicyclic amines) is 1. The van der Waals surface area contributed by atoms with Crippen molar-refractivity contribution >= 4 is 29.1 Å². The van der Waals surface area contributed by atoms with Crippen molar-refractivity contribution in [2.45, 2.75) is 12.8 Å². The Labute approximate surface area is 162 Å². The number of nitrogens with one attached hydrogen (secondary N) is 1. The molecule has 2 aromatic carbocycles. The van der Waals surface area contributed by atoms with Crippen molar-refractivity contribution in [3.05, 3.63) is 53.6 Å². The number of benzene rings is 2. The molecule has 142 valence electrons. The molecule has 2 amide bonds. The summed E-state index contributed by atoms with van der Waals surface area (Å²) in [5.74, 6) is 0.139. The van der Waals surface area contributed by atoms with Crippen LogP contribution >= 0.6 is 11.6 Å². The van der Waals surface area contributed by atoms with Crippen molar-refractivity contribution in [3.8, 4) is 11.5 Å². The van der Waals surface area contributed by atoms with E-state index in [4.69, 9.17) is 16.3 Å². The van der Waals surface area contributed by atoms with Crippen LogP contribution in [0, 0.1) is 5.92 Å². The lowest BCUT2D eigenvalue weighted by molar-refractivity contribution is -0.136. The quantitative estimate of drug-likeness (QED) is 0.770. The zero-order valence-corrected chi connectivity index (χ0v) is 15.5. The number of phenols is 1. The highest BCUT2D eigenvalue weighted by atomic mass is 35.5. The maximum atomic E-state index is 12.4. The van der Waals surface area contributed by atoms with Crippen LogP contribution in [0.4, 0.5) is 5.69 Å². The van der Waals surface area contributed by atoms with E-state index < -0.39 is 0 Å². The zero-order chi connectivity index (χ0) is 19.2. The van der Waals surface area contributed by atoms with E-state index in [1.807, 2.05) is 0 Å². The van der Waals surface area contributed by atoms with E-state index in [9.17, 15) is 14.7 Å². The number of piperidine rings is 1. The van der Waals surface area contributed by atoms with Crippen LogP contribution in [-0.2, 0) is 9.59 Å². The lowest BCUT2D eigenvalue weighted by Crippen LogP contribution is -2.43. The molecular weight excluding hydrogens is 368 g/mol. The molecule has 0 aromatic heterocycles. The molecule has 0 spiro atoms. The summed E-state index contributed by atoms with van der Waals surface area (Å²) < 4.78 is 5.49. The Bertz CT molecular complexity index is 819. The van der Waals surface area contributed by atoms with Gasteiger partial charge in [-0.1, -0.05) is 29.8 Å². The second-order valence-corrected chi connectivity index (χ2v) is 6.84. The fraction of sp³-hybridized carbons (Fsp3) is 0.300. The number of para-hydroxylation sites is 2. The number of hydrogen-bond donors (Lipinski definition) is 2. The molecule has 0 bridgehead atoms. The number of hydrogen-bond acceptors (Lipinski definition) is 4. The summed E-state index contributed by atoms with van der Waals surface area (Å²) in [7, 11) is 0. The van der Waals surface area contributed by atoms with E-state index >= 15 is 0 Å². The van der Waals surface area contributed by atoms with Crippen LogP contribution in [0.2, 0.25) is 5.02 Å². The number of halogens is 1. The molecule has 0 radical (unpaired) electrons. The summed E-state index contributed by atoms with van der Waals surface area (Å²) in [6.45, 7) is 0.933. The van der Waals surface area contributed by atoms with Gasteiger partial charge in [0.25, 0.3) is 5.91 Å². The predicted octanol–water partition coefficient (Wildman–Crippen LogP) is 3.30. The number of nitrogens with zero attached hydrogens (tertiary/aromatic N) is 1. The highest BCUT2D eigenvalue weighted by molar-refractivity contribution is 6.30. The molecule has 1 fully saturated rings. The van der Waals surface area contributed by atoms with E-state index in [1.165, 1.54) is 6.07 Å². The second kappa shape index (κ2) is 8.77. The summed E-state index contributed by atoms with van der Waals surface area (Å²) in [6, 6.07) is 13.5. The zero-order valence-electron chi connectivity index (χ0n) is 14.7. The summed E-state index contributed by atoms with van der Waals surface area (Å²) in [5.41, 5.74) is 0.399. The average molecular weight is 389 g/mol. The van der Waals surface area contributed by atoms with E-state index in [-0.39, 0.29) is 30.1 Å². The van der Waals surface area contributed by atoms with Gasteiger partial charge in [-0.2, -0.15) is 0 Å². The highest BCUT2D eigenvalue weighted by Crippen LogP contribution is 2.25. The summed E-state index contributed by atoms with van der Waals surface area (Å²) in [4.78, 5) is 26.4. The van der Waals surface area contributed by atoms with Crippen molar-refractivity contribution < 1.29 is 19.4 Å². The van der Waals surface area contributed by atoms with Gasteiger partial charge in [0.1, 0.15) is 11.5 Å². The van der Waals surface area contributed by atoms with Crippen LogP contribution in [0.15, 0.2) is 48.5 Å². The minimum Gasteiger partial charge on any atom is -0.506 e.